The molecule has 2 nitrogen and oxygen atoms in total. The first-order chi connectivity index (χ1) is 7.09. The molecule has 4 rings (SSSR count). The Morgan fingerprint density at radius 2 is 1.33 bits per heavy atom. The molecule has 0 amide bonds. The first-order valence-corrected chi connectivity index (χ1v) is 6.45. The van der Waals surface area contributed by atoms with Crippen LogP contribution in [0.3, 0.4) is 0 Å². The summed E-state index contributed by atoms with van der Waals surface area (Å²) < 4.78 is 0. The molecule has 4 fully saturated rings. The Hall–Kier alpha value is -0.0800. The van der Waals surface area contributed by atoms with Gasteiger partial charge in [-0.1, -0.05) is 6.92 Å². The molecule has 2 heteroatoms. The molecule has 86 valence electrons. The van der Waals surface area contributed by atoms with Gasteiger partial charge in [-0.15, -0.1) is 0 Å². The van der Waals surface area contributed by atoms with Crippen LogP contribution in [0, 0.1) is 29.1 Å². The lowest BCUT2D eigenvalue weighted by Crippen LogP contribution is -2.51. The van der Waals surface area contributed by atoms with Crippen LogP contribution in [0.4, 0.5) is 0 Å². The molecular weight excluding hydrogens is 188 g/mol. The SMILES string of the molecule is C[C@H](C(O)O)C12CC3CC(CC(C3)C1)C2. The Morgan fingerprint density at radius 3 is 1.67 bits per heavy atom. The van der Waals surface area contributed by atoms with E-state index in [1.807, 2.05) is 6.92 Å². The van der Waals surface area contributed by atoms with Crippen LogP contribution in [-0.4, -0.2) is 16.5 Å². The molecule has 0 aliphatic heterocycles. The Labute approximate surface area is 91.7 Å². The highest BCUT2D eigenvalue weighted by Crippen LogP contribution is 2.62. The maximum absolute atomic E-state index is 9.44. The number of aliphatic hydroxyl groups is 2. The summed E-state index contributed by atoms with van der Waals surface area (Å²) in [6.07, 6.45) is 6.95. The van der Waals surface area contributed by atoms with Crippen molar-refractivity contribution in [2.75, 3.05) is 0 Å². The molecule has 4 aliphatic rings. The van der Waals surface area contributed by atoms with Crippen LogP contribution in [0.5, 0.6) is 0 Å². The summed E-state index contributed by atoms with van der Waals surface area (Å²) in [5.41, 5.74) is 0.281. The molecule has 2 N–H and O–H groups in total. The van der Waals surface area contributed by atoms with Gasteiger partial charge in [0.1, 0.15) is 0 Å². The fraction of sp³-hybridized carbons (Fsp3) is 1.00. The van der Waals surface area contributed by atoms with Gasteiger partial charge in [0.05, 0.1) is 0 Å². The predicted molar refractivity (Wildman–Crippen MR) is 58.0 cm³/mol. The normalized spacial score (nSPS) is 50.0. The summed E-state index contributed by atoms with van der Waals surface area (Å²) in [4.78, 5) is 0. The number of aliphatic hydroxyl groups excluding tert-OH is 1. The molecule has 15 heavy (non-hydrogen) atoms. The van der Waals surface area contributed by atoms with E-state index in [4.69, 9.17) is 0 Å². The molecule has 4 bridgehead atoms. The molecule has 0 unspecified atom stereocenters. The first kappa shape index (κ1) is 10.1. The van der Waals surface area contributed by atoms with Gasteiger partial charge in [0, 0.05) is 5.92 Å². The first-order valence-electron chi connectivity index (χ1n) is 6.45. The molecule has 0 aromatic heterocycles. The number of rotatable bonds is 2. The van der Waals surface area contributed by atoms with Crippen molar-refractivity contribution in [1.82, 2.24) is 0 Å². The minimum absolute atomic E-state index is 0.0749. The molecular formula is C13H22O2. The van der Waals surface area contributed by atoms with E-state index in [9.17, 15) is 10.2 Å². The highest BCUT2D eigenvalue weighted by atomic mass is 16.5. The van der Waals surface area contributed by atoms with E-state index < -0.39 is 6.29 Å². The van der Waals surface area contributed by atoms with Crippen molar-refractivity contribution in [3.8, 4) is 0 Å². The lowest BCUT2D eigenvalue weighted by molar-refractivity contribution is -0.168. The van der Waals surface area contributed by atoms with Crippen LogP contribution >= 0.6 is 0 Å². The van der Waals surface area contributed by atoms with Gasteiger partial charge in [-0.05, 0) is 61.7 Å². The van der Waals surface area contributed by atoms with Gasteiger partial charge in [0.15, 0.2) is 6.29 Å². The summed E-state index contributed by atoms with van der Waals surface area (Å²) in [6, 6.07) is 0. The standard InChI is InChI=1S/C13H22O2/c1-8(12(14)15)13-5-9-2-10(6-13)4-11(3-9)7-13/h8-12,14-15H,2-7H2,1H3/t8-,9?,10?,11?,13?/m1/s1. The topological polar surface area (TPSA) is 40.5 Å². The van der Waals surface area contributed by atoms with Gasteiger partial charge in [0.25, 0.3) is 0 Å². The van der Waals surface area contributed by atoms with E-state index >= 15 is 0 Å². The minimum atomic E-state index is -1.11. The minimum Gasteiger partial charge on any atom is -0.368 e. The summed E-state index contributed by atoms with van der Waals surface area (Å²) in [6.45, 7) is 2.04. The zero-order valence-electron chi connectivity index (χ0n) is 9.52. The molecule has 1 atom stereocenters. The van der Waals surface area contributed by atoms with E-state index in [0.29, 0.717) is 0 Å². The van der Waals surface area contributed by atoms with Gasteiger partial charge in [-0.2, -0.15) is 0 Å². The highest BCUT2D eigenvalue weighted by molar-refractivity contribution is 5.03. The molecule has 0 radical (unpaired) electrons. The van der Waals surface area contributed by atoms with Crippen molar-refractivity contribution in [3.63, 3.8) is 0 Å². The lowest BCUT2D eigenvalue weighted by atomic mass is 9.46. The van der Waals surface area contributed by atoms with Crippen molar-refractivity contribution in [2.45, 2.75) is 51.7 Å². The van der Waals surface area contributed by atoms with E-state index in [1.54, 1.807) is 0 Å². The van der Waals surface area contributed by atoms with Gasteiger partial charge in [-0.3, -0.25) is 0 Å². The second kappa shape index (κ2) is 3.21. The van der Waals surface area contributed by atoms with Crippen LogP contribution in [0.1, 0.15) is 45.4 Å². The second-order valence-electron chi connectivity index (χ2n) is 6.48. The number of hydrogen-bond donors (Lipinski definition) is 2. The monoisotopic (exact) mass is 210 g/mol. The van der Waals surface area contributed by atoms with E-state index in [2.05, 4.69) is 0 Å². The number of hydrogen-bond acceptors (Lipinski definition) is 2. The van der Waals surface area contributed by atoms with Crippen LogP contribution in [0.15, 0.2) is 0 Å². The molecule has 4 saturated carbocycles. The average molecular weight is 210 g/mol. The van der Waals surface area contributed by atoms with Gasteiger partial charge >= 0.3 is 0 Å². The third-order valence-corrected chi connectivity index (χ3v) is 5.50. The molecule has 0 spiro atoms. The average Bonchev–Trinajstić information content (AvgIpc) is 2.14. The Bertz CT molecular complexity index is 224. The van der Waals surface area contributed by atoms with Crippen LogP contribution in [0.25, 0.3) is 0 Å². The summed E-state index contributed by atoms with van der Waals surface area (Å²) in [5, 5.41) is 18.9. The van der Waals surface area contributed by atoms with Crippen LogP contribution < -0.4 is 0 Å². The van der Waals surface area contributed by atoms with E-state index in [0.717, 1.165) is 17.8 Å². The quantitative estimate of drug-likeness (QED) is 0.686. The Kier molecular flexibility index (Phi) is 2.16. The van der Waals surface area contributed by atoms with Crippen molar-refractivity contribution in [2.24, 2.45) is 29.1 Å². The van der Waals surface area contributed by atoms with Crippen LogP contribution in [0.2, 0.25) is 0 Å². The molecule has 0 aromatic rings. The van der Waals surface area contributed by atoms with E-state index in [1.165, 1.54) is 38.5 Å². The zero-order chi connectivity index (χ0) is 10.6. The fourth-order valence-corrected chi connectivity index (χ4v) is 5.05. The van der Waals surface area contributed by atoms with E-state index in [-0.39, 0.29) is 11.3 Å². The third-order valence-electron chi connectivity index (χ3n) is 5.50. The zero-order valence-corrected chi connectivity index (χ0v) is 9.52. The van der Waals surface area contributed by atoms with Crippen molar-refractivity contribution in [1.29, 1.82) is 0 Å². The lowest BCUT2D eigenvalue weighted by Gasteiger charge is -2.59. The maximum Gasteiger partial charge on any atom is 0.154 e. The van der Waals surface area contributed by atoms with Crippen molar-refractivity contribution >= 4 is 0 Å². The van der Waals surface area contributed by atoms with Crippen LogP contribution in [-0.2, 0) is 0 Å². The Balaban J connectivity index is 1.86. The second-order valence-corrected chi connectivity index (χ2v) is 6.48. The summed E-state index contributed by atoms with van der Waals surface area (Å²) in [7, 11) is 0. The summed E-state index contributed by atoms with van der Waals surface area (Å²) in [5.74, 6) is 2.78. The largest absolute Gasteiger partial charge is 0.368 e. The molecule has 0 aromatic carbocycles. The van der Waals surface area contributed by atoms with Gasteiger partial charge < -0.3 is 10.2 Å². The molecule has 0 saturated heterocycles. The summed E-state index contributed by atoms with van der Waals surface area (Å²) >= 11 is 0. The maximum atomic E-state index is 9.44. The van der Waals surface area contributed by atoms with Gasteiger partial charge in [0.2, 0.25) is 0 Å². The Morgan fingerprint density at radius 1 is 0.933 bits per heavy atom. The third kappa shape index (κ3) is 1.45. The highest BCUT2D eigenvalue weighted by Gasteiger charge is 2.54. The van der Waals surface area contributed by atoms with Crippen molar-refractivity contribution in [3.05, 3.63) is 0 Å². The molecule has 4 aliphatic carbocycles. The smallest absolute Gasteiger partial charge is 0.154 e. The van der Waals surface area contributed by atoms with Crippen molar-refractivity contribution < 1.29 is 10.2 Å². The van der Waals surface area contributed by atoms with Gasteiger partial charge in [-0.25, -0.2) is 0 Å². The molecule has 0 heterocycles. The predicted octanol–water partition coefficient (Wildman–Crippen LogP) is 2.15. The fourth-order valence-electron chi connectivity index (χ4n) is 5.05.